The summed E-state index contributed by atoms with van der Waals surface area (Å²) in [6, 6.07) is 0. The highest BCUT2D eigenvalue weighted by Crippen LogP contribution is 2.21. The van der Waals surface area contributed by atoms with Crippen molar-refractivity contribution < 1.29 is 19.2 Å². The molecule has 0 aliphatic heterocycles. The van der Waals surface area contributed by atoms with Crippen molar-refractivity contribution in [1.82, 2.24) is 0 Å². The van der Waals surface area contributed by atoms with E-state index in [2.05, 4.69) is 4.52 Å². The van der Waals surface area contributed by atoms with Gasteiger partial charge in [0.05, 0.1) is 8.81 Å². The van der Waals surface area contributed by atoms with Crippen molar-refractivity contribution in [2.75, 3.05) is 6.66 Å². The Balaban J connectivity index is 4.30. The van der Waals surface area contributed by atoms with Crippen LogP contribution in [0.1, 0.15) is 13.8 Å². The highest BCUT2D eigenvalue weighted by atomic mass is 31.1. The normalized spacial score (nSPS) is 11.9. The molecule has 4 nitrogen and oxygen atoms in total. The number of carbonyl (C=O) groups is 2. The van der Waals surface area contributed by atoms with Crippen LogP contribution in [-0.4, -0.2) is 23.7 Å². The standard InChI is InChI=1S/C6H11O4P/c1-6(2,4(7)8)5(9)10-11-3/h11H,1-3H3,(H,7,8). The molecule has 0 aromatic rings. The number of rotatable bonds is 3. The highest BCUT2D eigenvalue weighted by Gasteiger charge is 2.37. The van der Waals surface area contributed by atoms with Crippen LogP contribution in [0.15, 0.2) is 0 Å². The molecule has 0 saturated heterocycles. The maximum atomic E-state index is 10.9. The lowest BCUT2D eigenvalue weighted by Crippen LogP contribution is -2.33. The molecule has 0 saturated carbocycles. The van der Waals surface area contributed by atoms with Gasteiger partial charge in [0.15, 0.2) is 5.41 Å². The zero-order valence-corrected chi connectivity index (χ0v) is 7.67. The Kier molecular flexibility index (Phi) is 3.46. The average Bonchev–Trinajstić information content (AvgIpc) is 1.88. The van der Waals surface area contributed by atoms with Gasteiger partial charge in [0.1, 0.15) is 0 Å². The second-order valence-electron chi connectivity index (χ2n) is 2.52. The largest absolute Gasteiger partial charge is 0.480 e. The van der Waals surface area contributed by atoms with Crippen molar-refractivity contribution in [3.8, 4) is 0 Å². The molecule has 0 aromatic carbocycles. The molecule has 11 heavy (non-hydrogen) atoms. The van der Waals surface area contributed by atoms with Gasteiger partial charge in [0.2, 0.25) is 0 Å². The summed E-state index contributed by atoms with van der Waals surface area (Å²) in [6.07, 6.45) is 0. The van der Waals surface area contributed by atoms with Gasteiger partial charge in [-0.2, -0.15) is 0 Å². The second kappa shape index (κ2) is 3.67. The van der Waals surface area contributed by atoms with Crippen molar-refractivity contribution in [3.05, 3.63) is 0 Å². The van der Waals surface area contributed by atoms with E-state index < -0.39 is 17.4 Å². The lowest BCUT2D eigenvalue weighted by molar-refractivity contribution is -0.159. The quantitative estimate of drug-likeness (QED) is 0.514. The molecule has 64 valence electrons. The Labute approximate surface area is 66.8 Å². The fraction of sp³-hybridized carbons (Fsp3) is 0.667. The van der Waals surface area contributed by atoms with Gasteiger partial charge in [-0.3, -0.25) is 9.59 Å². The van der Waals surface area contributed by atoms with E-state index in [9.17, 15) is 9.59 Å². The maximum absolute atomic E-state index is 10.9. The van der Waals surface area contributed by atoms with Crippen molar-refractivity contribution in [3.63, 3.8) is 0 Å². The zero-order chi connectivity index (χ0) is 9.07. The van der Waals surface area contributed by atoms with Crippen molar-refractivity contribution in [2.45, 2.75) is 13.8 Å². The predicted molar refractivity (Wildman–Crippen MR) is 41.7 cm³/mol. The van der Waals surface area contributed by atoms with Crippen LogP contribution in [0, 0.1) is 5.41 Å². The molecule has 0 spiro atoms. The van der Waals surface area contributed by atoms with Gasteiger partial charge in [-0.05, 0) is 20.5 Å². The van der Waals surface area contributed by atoms with Crippen LogP contribution in [0.5, 0.6) is 0 Å². The SMILES string of the molecule is CPOC(=O)C(C)(C)C(=O)O. The van der Waals surface area contributed by atoms with Gasteiger partial charge >= 0.3 is 11.9 Å². The molecule has 0 rings (SSSR count). The van der Waals surface area contributed by atoms with E-state index in [1.165, 1.54) is 13.8 Å². The minimum Gasteiger partial charge on any atom is -0.480 e. The molecule has 0 radical (unpaired) electrons. The van der Waals surface area contributed by atoms with Gasteiger partial charge in [-0.25, -0.2) is 0 Å². The summed E-state index contributed by atoms with van der Waals surface area (Å²) in [5, 5.41) is 8.54. The van der Waals surface area contributed by atoms with Gasteiger partial charge in [0.25, 0.3) is 0 Å². The van der Waals surface area contributed by atoms with Gasteiger partial charge in [-0.1, -0.05) is 0 Å². The monoisotopic (exact) mass is 178 g/mol. The van der Waals surface area contributed by atoms with Gasteiger partial charge < -0.3 is 9.63 Å². The minimum absolute atomic E-state index is 0.00850. The first-order valence-corrected chi connectivity index (χ1v) is 4.45. The third kappa shape index (κ3) is 2.46. The van der Waals surface area contributed by atoms with E-state index in [0.29, 0.717) is 0 Å². The molecule has 1 unspecified atom stereocenters. The minimum atomic E-state index is -1.43. The fourth-order valence-corrected chi connectivity index (χ4v) is 0.748. The van der Waals surface area contributed by atoms with Gasteiger partial charge in [0, 0.05) is 0 Å². The number of hydrogen-bond acceptors (Lipinski definition) is 3. The van der Waals surface area contributed by atoms with E-state index in [4.69, 9.17) is 5.11 Å². The molecule has 0 bridgehead atoms. The van der Waals surface area contributed by atoms with Crippen LogP contribution in [-0.2, 0) is 14.1 Å². The smallest absolute Gasteiger partial charge is 0.325 e. The first-order chi connectivity index (χ1) is 4.92. The van der Waals surface area contributed by atoms with Crippen molar-refractivity contribution in [1.29, 1.82) is 0 Å². The third-order valence-corrected chi connectivity index (χ3v) is 1.63. The molecular formula is C6H11O4P. The fourth-order valence-electron chi connectivity index (χ4n) is 0.308. The van der Waals surface area contributed by atoms with E-state index in [-0.39, 0.29) is 8.81 Å². The molecule has 0 aromatic heterocycles. The molecule has 0 heterocycles. The number of carbonyl (C=O) groups excluding carboxylic acids is 1. The summed E-state index contributed by atoms with van der Waals surface area (Å²) in [5.74, 6) is -1.86. The van der Waals surface area contributed by atoms with Gasteiger partial charge in [-0.15, -0.1) is 0 Å². The second-order valence-corrected chi connectivity index (χ2v) is 3.14. The first-order valence-electron chi connectivity index (χ1n) is 3.04. The predicted octanol–water partition coefficient (Wildman–Crippen LogP) is 0.864. The van der Waals surface area contributed by atoms with Crippen LogP contribution in [0.3, 0.4) is 0 Å². The molecular weight excluding hydrogens is 167 g/mol. The Morgan fingerprint density at radius 3 is 2.18 bits per heavy atom. The number of carboxylic acids is 1. The summed E-state index contributed by atoms with van der Waals surface area (Å²) in [4.78, 5) is 21.3. The van der Waals surface area contributed by atoms with Crippen LogP contribution >= 0.6 is 8.81 Å². The average molecular weight is 178 g/mol. The number of hydrogen-bond donors (Lipinski definition) is 1. The van der Waals surface area contributed by atoms with Crippen molar-refractivity contribution >= 4 is 20.7 Å². The Morgan fingerprint density at radius 2 is 1.91 bits per heavy atom. The molecule has 1 atom stereocenters. The van der Waals surface area contributed by atoms with E-state index >= 15 is 0 Å². The summed E-state index contributed by atoms with van der Waals surface area (Å²) < 4.78 is 4.58. The third-order valence-electron chi connectivity index (χ3n) is 1.24. The van der Waals surface area contributed by atoms with E-state index in [0.717, 1.165) is 0 Å². The summed E-state index contributed by atoms with van der Waals surface area (Å²) in [7, 11) is -0.00850. The van der Waals surface area contributed by atoms with E-state index in [1.807, 2.05) is 0 Å². The molecule has 5 heteroatoms. The lowest BCUT2D eigenvalue weighted by Gasteiger charge is -2.15. The number of aliphatic carboxylic acids is 1. The Bertz CT molecular complexity index is 175. The molecule has 1 N–H and O–H groups in total. The number of carboxylic acid groups (broad SMARTS) is 1. The Hall–Kier alpha value is -0.630. The summed E-state index contributed by atoms with van der Waals surface area (Å²) >= 11 is 0. The zero-order valence-electron chi connectivity index (χ0n) is 6.67. The van der Waals surface area contributed by atoms with Crippen molar-refractivity contribution in [2.24, 2.45) is 5.41 Å². The van der Waals surface area contributed by atoms with Crippen LogP contribution in [0.25, 0.3) is 0 Å². The summed E-state index contributed by atoms with van der Waals surface area (Å²) in [6.45, 7) is 4.30. The molecule has 0 amide bonds. The van der Waals surface area contributed by atoms with Crippen LogP contribution in [0.4, 0.5) is 0 Å². The molecule has 0 aliphatic carbocycles. The van der Waals surface area contributed by atoms with Crippen LogP contribution < -0.4 is 0 Å². The topological polar surface area (TPSA) is 63.6 Å². The molecule has 0 aliphatic rings. The first kappa shape index (κ1) is 10.4. The van der Waals surface area contributed by atoms with Crippen LogP contribution in [0.2, 0.25) is 0 Å². The van der Waals surface area contributed by atoms with E-state index in [1.54, 1.807) is 6.66 Å². The molecule has 0 fully saturated rings. The lowest BCUT2D eigenvalue weighted by atomic mass is 9.95. The highest BCUT2D eigenvalue weighted by molar-refractivity contribution is 7.31. The maximum Gasteiger partial charge on any atom is 0.325 e. The Morgan fingerprint density at radius 1 is 1.45 bits per heavy atom. The summed E-state index contributed by atoms with van der Waals surface area (Å²) in [5.41, 5.74) is -1.43.